The van der Waals surface area contributed by atoms with Crippen LogP contribution in [-0.2, 0) is 0 Å². The molecule has 0 aromatic rings. The minimum Gasteiger partial charge on any atom is -0.320 e. The summed E-state index contributed by atoms with van der Waals surface area (Å²) in [5.41, 5.74) is 2.75. The average molecular weight is 217 g/mol. The van der Waals surface area contributed by atoms with Crippen molar-refractivity contribution < 1.29 is 22.0 Å². The van der Waals surface area contributed by atoms with Gasteiger partial charge in [-0.1, -0.05) is 19.3 Å². The lowest BCUT2D eigenvalue weighted by atomic mass is 9.77. The zero-order chi connectivity index (χ0) is 11.0. The van der Waals surface area contributed by atoms with Gasteiger partial charge < -0.3 is 5.73 Å². The maximum Gasteiger partial charge on any atom is 0.455 e. The maximum absolute atomic E-state index is 13.0. The Morgan fingerprint density at radius 3 is 1.64 bits per heavy atom. The molecule has 0 atom stereocenters. The number of nitrogens with two attached hydrogens (primary N) is 1. The Balaban J connectivity index is 2.89. The Hall–Kier alpha value is -0.390. The minimum atomic E-state index is -5.54. The van der Waals surface area contributed by atoms with E-state index in [0.29, 0.717) is 19.3 Å². The Bertz CT molecular complexity index is 204. The minimum absolute atomic E-state index is 0.264. The van der Waals surface area contributed by atoms with Crippen molar-refractivity contribution in [1.29, 1.82) is 0 Å². The quantitative estimate of drug-likeness (QED) is 0.671. The van der Waals surface area contributed by atoms with Crippen LogP contribution in [0.3, 0.4) is 0 Å². The molecule has 84 valence electrons. The highest BCUT2D eigenvalue weighted by molar-refractivity contribution is 5.03. The fraction of sp³-hybridized carbons (Fsp3) is 1.00. The van der Waals surface area contributed by atoms with Crippen LogP contribution < -0.4 is 5.73 Å². The highest BCUT2D eigenvalue weighted by atomic mass is 19.4. The average Bonchev–Trinajstić information content (AvgIpc) is 2.03. The van der Waals surface area contributed by atoms with Crippen LogP contribution in [0.4, 0.5) is 22.0 Å². The van der Waals surface area contributed by atoms with E-state index in [1.807, 2.05) is 0 Å². The first-order valence-corrected chi connectivity index (χ1v) is 4.44. The maximum atomic E-state index is 13.0. The van der Waals surface area contributed by atoms with E-state index in [0.717, 1.165) is 0 Å². The zero-order valence-corrected chi connectivity index (χ0v) is 7.50. The summed E-state index contributed by atoms with van der Waals surface area (Å²) in [4.78, 5) is 0. The highest BCUT2D eigenvalue weighted by Gasteiger charge is 2.68. The van der Waals surface area contributed by atoms with Gasteiger partial charge in [-0.25, -0.2) is 0 Å². The third-order valence-electron chi connectivity index (χ3n) is 2.73. The van der Waals surface area contributed by atoms with E-state index in [9.17, 15) is 22.0 Å². The monoisotopic (exact) mass is 217 g/mol. The van der Waals surface area contributed by atoms with Crippen LogP contribution in [0, 0.1) is 0 Å². The Morgan fingerprint density at radius 2 is 1.29 bits per heavy atom. The molecule has 0 aromatic heterocycles. The van der Waals surface area contributed by atoms with E-state index in [1.165, 1.54) is 0 Å². The largest absolute Gasteiger partial charge is 0.455 e. The summed E-state index contributed by atoms with van der Waals surface area (Å²) < 4.78 is 62.0. The second kappa shape index (κ2) is 3.32. The smallest absolute Gasteiger partial charge is 0.320 e. The molecule has 0 amide bonds. The van der Waals surface area contributed by atoms with Gasteiger partial charge in [-0.3, -0.25) is 0 Å². The van der Waals surface area contributed by atoms with Crippen molar-refractivity contribution in [1.82, 2.24) is 0 Å². The van der Waals surface area contributed by atoms with Gasteiger partial charge in [-0.15, -0.1) is 0 Å². The first kappa shape index (κ1) is 11.7. The number of halogens is 5. The fourth-order valence-electron chi connectivity index (χ4n) is 1.78. The van der Waals surface area contributed by atoms with Gasteiger partial charge in [0.25, 0.3) is 0 Å². The third kappa shape index (κ3) is 1.71. The number of alkyl halides is 5. The molecule has 0 aliphatic heterocycles. The predicted molar refractivity (Wildman–Crippen MR) is 41.0 cm³/mol. The number of hydrogen-bond acceptors (Lipinski definition) is 1. The molecule has 0 heterocycles. The highest BCUT2D eigenvalue weighted by Crippen LogP contribution is 2.47. The van der Waals surface area contributed by atoms with Crippen molar-refractivity contribution in [2.75, 3.05) is 0 Å². The van der Waals surface area contributed by atoms with Crippen molar-refractivity contribution in [2.45, 2.75) is 49.7 Å². The van der Waals surface area contributed by atoms with Gasteiger partial charge in [0.1, 0.15) is 0 Å². The van der Waals surface area contributed by atoms with E-state index in [4.69, 9.17) is 5.73 Å². The molecule has 0 unspecified atom stereocenters. The number of hydrogen-bond donors (Lipinski definition) is 1. The van der Waals surface area contributed by atoms with E-state index in [2.05, 4.69) is 0 Å². The number of rotatable bonds is 1. The third-order valence-corrected chi connectivity index (χ3v) is 2.73. The van der Waals surface area contributed by atoms with Crippen molar-refractivity contribution >= 4 is 0 Å². The molecule has 1 saturated carbocycles. The van der Waals surface area contributed by atoms with Gasteiger partial charge in [0.05, 0.1) is 5.54 Å². The van der Waals surface area contributed by atoms with Gasteiger partial charge in [0.2, 0.25) is 0 Å². The molecular formula is C8H12F5N. The molecule has 0 radical (unpaired) electrons. The molecule has 0 spiro atoms. The van der Waals surface area contributed by atoms with Crippen molar-refractivity contribution in [3.05, 3.63) is 0 Å². The molecule has 0 saturated heterocycles. The van der Waals surface area contributed by atoms with Crippen molar-refractivity contribution in [3.63, 3.8) is 0 Å². The first-order chi connectivity index (χ1) is 6.21. The van der Waals surface area contributed by atoms with Crippen LogP contribution in [0.15, 0.2) is 0 Å². The lowest BCUT2D eigenvalue weighted by Gasteiger charge is -2.40. The van der Waals surface area contributed by atoms with Crippen molar-refractivity contribution in [3.8, 4) is 0 Å². The molecule has 0 aromatic carbocycles. The lowest BCUT2D eigenvalue weighted by Crippen LogP contribution is -2.63. The lowest BCUT2D eigenvalue weighted by molar-refractivity contribution is -0.310. The summed E-state index contributed by atoms with van der Waals surface area (Å²) in [5, 5.41) is 0. The van der Waals surface area contributed by atoms with E-state index in [1.54, 1.807) is 0 Å². The second-order valence-corrected chi connectivity index (χ2v) is 3.79. The molecule has 14 heavy (non-hydrogen) atoms. The van der Waals surface area contributed by atoms with Crippen LogP contribution in [0.1, 0.15) is 32.1 Å². The van der Waals surface area contributed by atoms with Crippen molar-refractivity contribution in [2.24, 2.45) is 5.73 Å². The molecule has 1 rings (SSSR count). The van der Waals surface area contributed by atoms with Crippen LogP contribution in [-0.4, -0.2) is 17.6 Å². The second-order valence-electron chi connectivity index (χ2n) is 3.79. The topological polar surface area (TPSA) is 26.0 Å². The SMILES string of the molecule is NC1(C(F)(F)C(F)(F)F)CCCCC1. The predicted octanol–water partition coefficient (Wildman–Crippen LogP) is 2.85. The molecule has 2 N–H and O–H groups in total. The summed E-state index contributed by atoms with van der Waals surface area (Å²) >= 11 is 0. The summed E-state index contributed by atoms with van der Waals surface area (Å²) in [7, 11) is 0. The summed E-state index contributed by atoms with van der Waals surface area (Å²) in [6.07, 6.45) is -4.73. The molecular weight excluding hydrogens is 205 g/mol. The summed E-state index contributed by atoms with van der Waals surface area (Å²) in [6.45, 7) is 0. The van der Waals surface area contributed by atoms with Gasteiger partial charge >= 0.3 is 12.1 Å². The first-order valence-electron chi connectivity index (χ1n) is 4.44. The Labute approximate surface area is 78.5 Å². The van der Waals surface area contributed by atoms with Crippen LogP contribution >= 0.6 is 0 Å². The molecule has 6 heteroatoms. The normalized spacial score (nSPS) is 23.6. The molecule has 1 aliphatic rings. The molecule has 1 fully saturated rings. The van der Waals surface area contributed by atoms with E-state index >= 15 is 0 Å². The fourth-order valence-corrected chi connectivity index (χ4v) is 1.78. The van der Waals surface area contributed by atoms with Gasteiger partial charge in [0, 0.05) is 0 Å². The van der Waals surface area contributed by atoms with E-state index < -0.39 is 17.6 Å². The summed E-state index contributed by atoms with van der Waals surface area (Å²) in [5.74, 6) is -4.78. The van der Waals surface area contributed by atoms with Gasteiger partial charge in [-0.2, -0.15) is 22.0 Å². The molecule has 1 nitrogen and oxygen atoms in total. The Morgan fingerprint density at radius 1 is 0.857 bits per heavy atom. The molecule has 1 aliphatic carbocycles. The van der Waals surface area contributed by atoms with Gasteiger partial charge in [0.15, 0.2) is 0 Å². The standard InChI is InChI=1S/C8H12F5N/c9-7(10,8(11,12)13)6(14)4-2-1-3-5-6/h1-5,14H2. The van der Waals surface area contributed by atoms with E-state index in [-0.39, 0.29) is 12.8 Å². The van der Waals surface area contributed by atoms with Crippen LogP contribution in [0.25, 0.3) is 0 Å². The Kier molecular flexibility index (Phi) is 2.77. The zero-order valence-electron chi connectivity index (χ0n) is 7.50. The summed E-state index contributed by atoms with van der Waals surface area (Å²) in [6, 6.07) is 0. The van der Waals surface area contributed by atoms with Crippen LogP contribution in [0.5, 0.6) is 0 Å². The molecule has 0 bridgehead atoms. The van der Waals surface area contributed by atoms with Gasteiger partial charge in [-0.05, 0) is 12.8 Å². The van der Waals surface area contributed by atoms with Crippen LogP contribution in [0.2, 0.25) is 0 Å².